The number of nitrogens with zero attached hydrogens (tertiary/aromatic N) is 2. The first kappa shape index (κ1) is 19.4. The van der Waals surface area contributed by atoms with E-state index in [2.05, 4.69) is 15.3 Å². The molecule has 1 saturated heterocycles. The lowest BCUT2D eigenvalue weighted by Gasteiger charge is -2.32. The van der Waals surface area contributed by atoms with E-state index in [0.29, 0.717) is 17.1 Å². The maximum Gasteiger partial charge on any atom is 0.233 e. The minimum absolute atomic E-state index is 0.0377. The molecule has 2 fully saturated rings. The number of H-pyrrole nitrogens is 1. The maximum absolute atomic E-state index is 14.3. The maximum atomic E-state index is 14.3. The lowest BCUT2D eigenvalue weighted by molar-refractivity contribution is 0.0844. The predicted octanol–water partition coefficient (Wildman–Crippen LogP) is 5.09. The molecule has 0 radical (unpaired) electrons. The van der Waals surface area contributed by atoms with Crippen LogP contribution >= 0.6 is 0 Å². The van der Waals surface area contributed by atoms with Crippen LogP contribution in [0.25, 0.3) is 33.3 Å². The zero-order valence-corrected chi connectivity index (χ0v) is 17.4. The largest absolute Gasteiger partial charge is 0.471 e. The number of nitrogens with one attached hydrogen (secondary N) is 2. The zero-order valence-electron chi connectivity index (χ0n) is 17.4. The van der Waals surface area contributed by atoms with Gasteiger partial charge in [-0.3, -0.25) is 4.98 Å². The average Bonchev–Trinajstić information content (AvgIpc) is 3.44. The summed E-state index contributed by atoms with van der Waals surface area (Å²) >= 11 is 0. The van der Waals surface area contributed by atoms with Gasteiger partial charge in [-0.15, -0.1) is 0 Å². The predicted molar refractivity (Wildman–Crippen MR) is 118 cm³/mol. The third-order valence-electron chi connectivity index (χ3n) is 6.79. The Kier molecular flexibility index (Phi) is 4.47. The molecule has 1 spiro atoms. The molecule has 162 valence electrons. The van der Waals surface area contributed by atoms with Crippen molar-refractivity contribution >= 4 is 10.9 Å². The van der Waals surface area contributed by atoms with Crippen molar-refractivity contribution in [3.8, 4) is 28.3 Å². The fourth-order valence-electron chi connectivity index (χ4n) is 4.79. The molecule has 2 aliphatic rings. The summed E-state index contributed by atoms with van der Waals surface area (Å²) in [5.41, 5.74) is 3.01. The number of rotatable bonds is 4. The summed E-state index contributed by atoms with van der Waals surface area (Å²) in [6.45, 7) is 1.85. The van der Waals surface area contributed by atoms with E-state index in [1.807, 2.05) is 12.3 Å². The van der Waals surface area contributed by atoms with Gasteiger partial charge in [0.2, 0.25) is 5.88 Å². The SMILES string of the molecule is Fc1cccc(F)c1-c1ccc2[nH]cc(-c3cncc(O[C@H]4CNCCC45CC5)n3)c2c1. The number of halogens is 2. The molecule has 2 aromatic carbocycles. The van der Waals surface area contributed by atoms with Gasteiger partial charge < -0.3 is 15.0 Å². The number of hydrogen-bond donors (Lipinski definition) is 2. The number of hydrogen-bond acceptors (Lipinski definition) is 4. The fourth-order valence-corrected chi connectivity index (χ4v) is 4.79. The molecule has 5 nitrogen and oxygen atoms in total. The molecule has 4 aromatic rings. The first-order valence-corrected chi connectivity index (χ1v) is 10.9. The normalized spacial score (nSPS) is 19.4. The molecule has 1 atom stereocenters. The summed E-state index contributed by atoms with van der Waals surface area (Å²) < 4.78 is 34.9. The number of aromatic amines is 1. The summed E-state index contributed by atoms with van der Waals surface area (Å²) in [7, 11) is 0. The van der Waals surface area contributed by atoms with Gasteiger partial charge in [0, 0.05) is 34.6 Å². The average molecular weight is 432 g/mol. The van der Waals surface area contributed by atoms with E-state index in [9.17, 15) is 8.78 Å². The van der Waals surface area contributed by atoms with Crippen LogP contribution < -0.4 is 10.1 Å². The highest BCUT2D eigenvalue weighted by molar-refractivity contribution is 5.97. The zero-order chi connectivity index (χ0) is 21.7. The molecule has 7 heteroatoms. The molecule has 1 saturated carbocycles. The second kappa shape index (κ2) is 7.38. The Labute approximate surface area is 183 Å². The highest BCUT2D eigenvalue weighted by Crippen LogP contribution is 2.53. The lowest BCUT2D eigenvalue weighted by atomic mass is 9.92. The van der Waals surface area contributed by atoms with E-state index < -0.39 is 11.6 Å². The van der Waals surface area contributed by atoms with Gasteiger partial charge >= 0.3 is 0 Å². The monoisotopic (exact) mass is 432 g/mol. The number of benzene rings is 2. The Morgan fingerprint density at radius 1 is 1.03 bits per heavy atom. The topological polar surface area (TPSA) is 62.8 Å². The molecule has 0 amide bonds. The standard InChI is InChI=1S/C25H22F2N4O/c26-18-2-1-3-19(27)24(18)15-4-5-20-16(10-15)17(11-30-20)21-12-29-14-23(31-21)32-22-13-28-9-8-25(22)6-7-25/h1-5,10-12,14,22,28,30H,6-9,13H2/t22-/m0/s1. The second-order valence-electron chi connectivity index (χ2n) is 8.72. The number of aromatic nitrogens is 3. The van der Waals surface area contributed by atoms with Crippen LogP contribution in [-0.2, 0) is 0 Å². The minimum atomic E-state index is -0.591. The van der Waals surface area contributed by atoms with Crippen LogP contribution in [0.15, 0.2) is 55.0 Å². The van der Waals surface area contributed by atoms with Crippen molar-refractivity contribution in [1.29, 1.82) is 0 Å². The van der Waals surface area contributed by atoms with E-state index in [4.69, 9.17) is 9.72 Å². The van der Waals surface area contributed by atoms with Crippen molar-refractivity contribution in [1.82, 2.24) is 20.3 Å². The van der Waals surface area contributed by atoms with Crippen LogP contribution in [0, 0.1) is 17.0 Å². The summed E-state index contributed by atoms with van der Waals surface area (Å²) in [5.74, 6) is -0.688. The van der Waals surface area contributed by atoms with Crippen LogP contribution in [-0.4, -0.2) is 34.1 Å². The van der Waals surface area contributed by atoms with Gasteiger partial charge in [-0.05, 0) is 55.6 Å². The van der Waals surface area contributed by atoms with Crippen LogP contribution in [0.2, 0.25) is 0 Å². The lowest BCUT2D eigenvalue weighted by Crippen LogP contribution is -2.45. The van der Waals surface area contributed by atoms with E-state index in [1.54, 1.807) is 24.5 Å². The highest BCUT2D eigenvalue weighted by Gasteiger charge is 2.52. The number of piperidine rings is 1. The molecule has 1 aliphatic carbocycles. The third-order valence-corrected chi connectivity index (χ3v) is 6.79. The molecule has 3 heterocycles. The molecule has 0 unspecified atom stereocenters. The molecular formula is C25H22F2N4O. The van der Waals surface area contributed by atoms with Gasteiger partial charge in [0.1, 0.15) is 17.7 Å². The quantitative estimate of drug-likeness (QED) is 0.472. The molecule has 6 rings (SSSR count). The van der Waals surface area contributed by atoms with Crippen molar-refractivity contribution in [3.05, 3.63) is 66.6 Å². The van der Waals surface area contributed by atoms with E-state index in [1.165, 1.54) is 31.0 Å². The summed E-state index contributed by atoms with van der Waals surface area (Å²) in [4.78, 5) is 12.3. The molecule has 2 aromatic heterocycles. The molecule has 2 N–H and O–H groups in total. The smallest absolute Gasteiger partial charge is 0.233 e. The highest BCUT2D eigenvalue weighted by atomic mass is 19.1. The van der Waals surface area contributed by atoms with Crippen molar-refractivity contribution in [2.45, 2.75) is 25.4 Å². The number of ether oxygens (including phenoxy) is 1. The van der Waals surface area contributed by atoms with E-state index in [0.717, 1.165) is 36.0 Å². The van der Waals surface area contributed by atoms with Crippen LogP contribution in [0.1, 0.15) is 19.3 Å². The van der Waals surface area contributed by atoms with Crippen molar-refractivity contribution in [2.75, 3.05) is 13.1 Å². The Bertz CT molecular complexity index is 1290. The van der Waals surface area contributed by atoms with Gasteiger partial charge in [-0.2, -0.15) is 0 Å². The third kappa shape index (κ3) is 3.24. The van der Waals surface area contributed by atoms with E-state index in [-0.39, 0.29) is 17.1 Å². The molecule has 0 bridgehead atoms. The van der Waals surface area contributed by atoms with Crippen LogP contribution in [0.4, 0.5) is 8.78 Å². The molecule has 1 aliphatic heterocycles. The van der Waals surface area contributed by atoms with Gasteiger partial charge in [-0.25, -0.2) is 13.8 Å². The first-order valence-electron chi connectivity index (χ1n) is 10.9. The van der Waals surface area contributed by atoms with Crippen molar-refractivity contribution in [2.24, 2.45) is 5.41 Å². The van der Waals surface area contributed by atoms with E-state index >= 15 is 0 Å². The Hall–Kier alpha value is -3.32. The van der Waals surface area contributed by atoms with Crippen LogP contribution in [0.3, 0.4) is 0 Å². The molecular weight excluding hydrogens is 410 g/mol. The Morgan fingerprint density at radius 2 is 1.88 bits per heavy atom. The molecule has 32 heavy (non-hydrogen) atoms. The van der Waals surface area contributed by atoms with Gasteiger partial charge in [0.15, 0.2) is 0 Å². The van der Waals surface area contributed by atoms with Crippen molar-refractivity contribution < 1.29 is 13.5 Å². The van der Waals surface area contributed by atoms with Crippen molar-refractivity contribution in [3.63, 3.8) is 0 Å². The van der Waals surface area contributed by atoms with Gasteiger partial charge in [0.25, 0.3) is 0 Å². The minimum Gasteiger partial charge on any atom is -0.471 e. The van der Waals surface area contributed by atoms with Crippen LogP contribution in [0.5, 0.6) is 5.88 Å². The fraction of sp³-hybridized carbons (Fsp3) is 0.280. The first-order chi connectivity index (χ1) is 15.6. The van der Waals surface area contributed by atoms with Gasteiger partial charge in [-0.1, -0.05) is 12.1 Å². The van der Waals surface area contributed by atoms with Gasteiger partial charge in [0.05, 0.1) is 23.7 Å². The number of fused-ring (bicyclic) bond motifs is 1. The Balaban J connectivity index is 1.37. The summed E-state index contributed by atoms with van der Waals surface area (Å²) in [6.07, 6.45) is 8.78. The summed E-state index contributed by atoms with van der Waals surface area (Å²) in [5, 5.41) is 4.22. The summed E-state index contributed by atoms with van der Waals surface area (Å²) in [6, 6.07) is 9.20. The Morgan fingerprint density at radius 3 is 2.69 bits per heavy atom. The second-order valence-corrected chi connectivity index (χ2v) is 8.72.